The van der Waals surface area contributed by atoms with Crippen molar-refractivity contribution in [2.75, 3.05) is 26.3 Å². The molecule has 3 heteroatoms. The molecule has 1 N–H and O–H groups in total. The van der Waals surface area contributed by atoms with Gasteiger partial charge >= 0.3 is 0 Å². The first-order valence-corrected chi connectivity index (χ1v) is 7.88. The van der Waals surface area contributed by atoms with Gasteiger partial charge in [-0.15, -0.1) is 0 Å². The van der Waals surface area contributed by atoms with Crippen LogP contribution in [0.15, 0.2) is 0 Å². The molecular weight excluding hydrogens is 224 g/mol. The highest BCUT2D eigenvalue weighted by atomic mass is 16.5. The van der Waals surface area contributed by atoms with Gasteiger partial charge in [-0.25, -0.2) is 0 Å². The molecule has 2 fully saturated rings. The summed E-state index contributed by atoms with van der Waals surface area (Å²) in [4.78, 5) is 2.77. The Morgan fingerprint density at radius 1 is 1.39 bits per heavy atom. The number of nitrogens with zero attached hydrogens (tertiary/aromatic N) is 1. The highest BCUT2D eigenvalue weighted by Gasteiger charge is 2.27. The molecular formula is C15H30N2O. The predicted octanol–water partition coefficient (Wildman–Crippen LogP) is 2.41. The molecule has 0 aliphatic carbocycles. The Kier molecular flexibility index (Phi) is 5.93. The third-order valence-electron chi connectivity index (χ3n) is 4.48. The zero-order chi connectivity index (χ0) is 12.8. The van der Waals surface area contributed by atoms with Crippen molar-refractivity contribution in [3.63, 3.8) is 0 Å². The van der Waals surface area contributed by atoms with Gasteiger partial charge in [-0.2, -0.15) is 0 Å². The molecule has 0 saturated carbocycles. The van der Waals surface area contributed by atoms with Crippen molar-refractivity contribution >= 4 is 0 Å². The zero-order valence-corrected chi connectivity index (χ0v) is 12.2. The van der Waals surface area contributed by atoms with E-state index < -0.39 is 0 Å². The first-order chi connectivity index (χ1) is 8.81. The van der Waals surface area contributed by atoms with Gasteiger partial charge in [0.25, 0.3) is 0 Å². The van der Waals surface area contributed by atoms with Gasteiger partial charge < -0.3 is 10.1 Å². The van der Waals surface area contributed by atoms with E-state index in [-0.39, 0.29) is 0 Å². The topological polar surface area (TPSA) is 24.5 Å². The molecule has 2 rings (SSSR count). The largest absolute Gasteiger partial charge is 0.379 e. The van der Waals surface area contributed by atoms with Crippen LogP contribution in [0, 0.1) is 0 Å². The second-order valence-corrected chi connectivity index (χ2v) is 5.99. The maximum Gasteiger partial charge on any atom is 0.0620 e. The van der Waals surface area contributed by atoms with Gasteiger partial charge in [0, 0.05) is 24.7 Å². The lowest BCUT2D eigenvalue weighted by Crippen LogP contribution is -2.50. The van der Waals surface area contributed by atoms with Crippen LogP contribution in [0.1, 0.15) is 52.4 Å². The first kappa shape index (κ1) is 14.3. The first-order valence-electron chi connectivity index (χ1n) is 7.88. The minimum Gasteiger partial charge on any atom is -0.379 e. The van der Waals surface area contributed by atoms with Gasteiger partial charge in [0.05, 0.1) is 13.2 Å². The Morgan fingerprint density at radius 3 is 3.00 bits per heavy atom. The molecule has 0 aromatic rings. The molecule has 0 aromatic heterocycles. The number of ether oxygens (including phenoxy) is 1. The van der Waals surface area contributed by atoms with Gasteiger partial charge in [-0.1, -0.05) is 19.8 Å². The average molecular weight is 254 g/mol. The van der Waals surface area contributed by atoms with E-state index in [4.69, 9.17) is 4.74 Å². The van der Waals surface area contributed by atoms with Crippen molar-refractivity contribution in [2.45, 2.75) is 70.5 Å². The quantitative estimate of drug-likeness (QED) is 0.815. The van der Waals surface area contributed by atoms with Crippen LogP contribution in [-0.4, -0.2) is 49.3 Å². The lowest BCUT2D eigenvalue weighted by atomic mass is 9.94. The van der Waals surface area contributed by atoms with Crippen LogP contribution in [-0.2, 0) is 4.74 Å². The van der Waals surface area contributed by atoms with Crippen LogP contribution >= 0.6 is 0 Å². The normalized spacial score (nSPS) is 32.3. The molecule has 0 amide bonds. The summed E-state index contributed by atoms with van der Waals surface area (Å²) in [6.07, 6.45) is 8.16. The van der Waals surface area contributed by atoms with E-state index in [1.54, 1.807) is 0 Å². The van der Waals surface area contributed by atoms with E-state index >= 15 is 0 Å². The Morgan fingerprint density at radius 2 is 2.28 bits per heavy atom. The summed E-state index contributed by atoms with van der Waals surface area (Å²) in [6.45, 7) is 8.83. The number of piperidine rings is 1. The smallest absolute Gasteiger partial charge is 0.0620 e. The van der Waals surface area contributed by atoms with Crippen molar-refractivity contribution < 1.29 is 4.74 Å². The summed E-state index contributed by atoms with van der Waals surface area (Å²) in [5.74, 6) is 0. The molecule has 0 spiro atoms. The minimum atomic E-state index is 0.568. The molecule has 2 saturated heterocycles. The summed E-state index contributed by atoms with van der Waals surface area (Å²) in [7, 11) is 0. The predicted molar refractivity (Wildman–Crippen MR) is 75.9 cm³/mol. The number of hydrogen-bond acceptors (Lipinski definition) is 3. The highest BCUT2D eigenvalue weighted by molar-refractivity contribution is 4.84. The fourth-order valence-electron chi connectivity index (χ4n) is 3.56. The fraction of sp³-hybridized carbons (Fsp3) is 1.00. The van der Waals surface area contributed by atoms with Crippen LogP contribution in [0.5, 0.6) is 0 Å². The number of hydrogen-bond donors (Lipinski definition) is 1. The monoisotopic (exact) mass is 254 g/mol. The third-order valence-corrected chi connectivity index (χ3v) is 4.48. The van der Waals surface area contributed by atoms with E-state index in [2.05, 4.69) is 24.1 Å². The van der Waals surface area contributed by atoms with Crippen molar-refractivity contribution in [1.82, 2.24) is 10.2 Å². The number of morpholine rings is 1. The number of rotatable bonds is 5. The molecule has 2 aliphatic heterocycles. The lowest BCUT2D eigenvalue weighted by molar-refractivity contribution is 0.0448. The Balaban J connectivity index is 1.82. The Hall–Kier alpha value is -0.120. The molecule has 3 unspecified atom stereocenters. The van der Waals surface area contributed by atoms with Crippen LogP contribution in [0.25, 0.3) is 0 Å². The van der Waals surface area contributed by atoms with Gasteiger partial charge in [-0.3, -0.25) is 4.90 Å². The average Bonchev–Trinajstić information content (AvgIpc) is 2.41. The van der Waals surface area contributed by atoms with E-state index in [9.17, 15) is 0 Å². The second kappa shape index (κ2) is 7.46. The van der Waals surface area contributed by atoms with Crippen molar-refractivity contribution in [3.8, 4) is 0 Å². The highest BCUT2D eigenvalue weighted by Crippen LogP contribution is 2.24. The van der Waals surface area contributed by atoms with Gasteiger partial charge in [-0.05, 0) is 39.2 Å². The molecule has 18 heavy (non-hydrogen) atoms. The molecule has 3 nitrogen and oxygen atoms in total. The zero-order valence-electron chi connectivity index (χ0n) is 12.2. The standard InChI is InChI=1S/C15H30N2O/c1-3-6-15-7-4-5-9-17(15)13(2)11-14-12-18-10-8-16-14/h13-16H,3-12H2,1-2H3. The summed E-state index contributed by atoms with van der Waals surface area (Å²) in [5, 5.41) is 3.58. The molecule has 0 radical (unpaired) electrons. The van der Waals surface area contributed by atoms with E-state index in [1.165, 1.54) is 45.1 Å². The maximum absolute atomic E-state index is 5.56. The summed E-state index contributed by atoms with van der Waals surface area (Å²) >= 11 is 0. The van der Waals surface area contributed by atoms with Gasteiger partial charge in [0.1, 0.15) is 0 Å². The Labute approximate surface area is 112 Å². The third kappa shape index (κ3) is 3.94. The minimum absolute atomic E-state index is 0.568. The molecule has 106 valence electrons. The van der Waals surface area contributed by atoms with Crippen molar-refractivity contribution in [2.24, 2.45) is 0 Å². The number of nitrogens with one attached hydrogen (secondary N) is 1. The summed E-state index contributed by atoms with van der Waals surface area (Å²) in [5.41, 5.74) is 0. The van der Waals surface area contributed by atoms with Crippen LogP contribution < -0.4 is 5.32 Å². The fourth-order valence-corrected chi connectivity index (χ4v) is 3.56. The molecule has 2 aliphatic rings. The second-order valence-electron chi connectivity index (χ2n) is 5.99. The molecule has 2 heterocycles. The van der Waals surface area contributed by atoms with E-state index in [0.717, 1.165) is 25.8 Å². The van der Waals surface area contributed by atoms with Crippen LogP contribution in [0.2, 0.25) is 0 Å². The Bertz CT molecular complexity index is 227. The van der Waals surface area contributed by atoms with Gasteiger partial charge in [0.15, 0.2) is 0 Å². The van der Waals surface area contributed by atoms with Gasteiger partial charge in [0.2, 0.25) is 0 Å². The summed E-state index contributed by atoms with van der Waals surface area (Å²) in [6, 6.07) is 2.10. The molecule has 0 bridgehead atoms. The van der Waals surface area contributed by atoms with Crippen LogP contribution in [0.3, 0.4) is 0 Å². The lowest BCUT2D eigenvalue weighted by Gasteiger charge is -2.41. The SMILES string of the molecule is CCCC1CCCCN1C(C)CC1COCCN1. The molecule has 0 aromatic carbocycles. The molecule has 3 atom stereocenters. The van der Waals surface area contributed by atoms with Crippen molar-refractivity contribution in [3.05, 3.63) is 0 Å². The van der Waals surface area contributed by atoms with Crippen molar-refractivity contribution in [1.29, 1.82) is 0 Å². The summed E-state index contributed by atoms with van der Waals surface area (Å²) < 4.78 is 5.56. The maximum atomic E-state index is 5.56. The number of likely N-dealkylation sites (tertiary alicyclic amines) is 1. The van der Waals surface area contributed by atoms with Crippen LogP contribution in [0.4, 0.5) is 0 Å². The van der Waals surface area contributed by atoms with E-state index in [0.29, 0.717) is 12.1 Å². The van der Waals surface area contributed by atoms with E-state index in [1.807, 2.05) is 0 Å².